The van der Waals surface area contributed by atoms with E-state index in [0.29, 0.717) is 12.1 Å². The largest absolute Gasteiger partial charge is 0.319 e. The summed E-state index contributed by atoms with van der Waals surface area (Å²) in [5.41, 5.74) is 3.15. The fourth-order valence-corrected chi connectivity index (χ4v) is 2.61. The Morgan fingerprint density at radius 2 is 1.68 bits per heavy atom. The summed E-state index contributed by atoms with van der Waals surface area (Å²) in [7, 11) is 1.66. The smallest absolute Gasteiger partial charge is 0.258 e. The first-order valence-corrected chi connectivity index (χ1v) is 8.14. The fourth-order valence-electron chi connectivity index (χ4n) is 2.61. The Hall–Kier alpha value is -3.14. The van der Waals surface area contributed by atoms with Gasteiger partial charge in [0.1, 0.15) is 0 Å². The van der Waals surface area contributed by atoms with Crippen molar-refractivity contribution in [2.24, 2.45) is 7.05 Å². The molecule has 25 heavy (non-hydrogen) atoms. The minimum atomic E-state index is -0.200. The van der Waals surface area contributed by atoms with E-state index in [1.165, 1.54) is 10.6 Å². The summed E-state index contributed by atoms with van der Waals surface area (Å²) in [6, 6.07) is 20.7. The lowest BCUT2D eigenvalue weighted by molar-refractivity contribution is 0.0985. The summed E-state index contributed by atoms with van der Waals surface area (Å²) in [6.07, 6.45) is 1.62. The Kier molecular flexibility index (Phi) is 4.80. The van der Waals surface area contributed by atoms with E-state index in [0.717, 1.165) is 16.8 Å². The van der Waals surface area contributed by atoms with Crippen molar-refractivity contribution in [1.82, 2.24) is 4.57 Å². The molecule has 1 aromatic heterocycles. The number of carbonyl (C=O) groups is 1. The van der Waals surface area contributed by atoms with Crippen LogP contribution in [0.3, 0.4) is 0 Å². The van der Waals surface area contributed by atoms with E-state index >= 15 is 0 Å². The summed E-state index contributed by atoms with van der Waals surface area (Å²) in [5.74, 6) is -0.189. The van der Waals surface area contributed by atoms with Gasteiger partial charge in [0, 0.05) is 30.6 Å². The van der Waals surface area contributed by atoms with Gasteiger partial charge in [-0.1, -0.05) is 48.0 Å². The Morgan fingerprint density at radius 1 is 1.00 bits per heavy atom. The molecule has 0 N–H and O–H groups in total. The van der Waals surface area contributed by atoms with Crippen LogP contribution in [0.4, 0.5) is 5.69 Å². The third-order valence-electron chi connectivity index (χ3n) is 4.13. The first kappa shape index (κ1) is 16.7. The lowest BCUT2D eigenvalue weighted by Crippen LogP contribution is -2.31. The highest BCUT2D eigenvalue weighted by molar-refractivity contribution is 6.05. The molecule has 0 aliphatic heterocycles. The van der Waals surface area contributed by atoms with Crippen molar-refractivity contribution in [2.75, 3.05) is 4.90 Å². The molecule has 0 aliphatic carbocycles. The van der Waals surface area contributed by atoms with Crippen LogP contribution in [0.25, 0.3) is 0 Å². The van der Waals surface area contributed by atoms with E-state index in [1.54, 1.807) is 24.2 Å². The minimum absolute atomic E-state index is 0.189. The second kappa shape index (κ2) is 7.18. The molecule has 3 aromatic rings. The van der Waals surface area contributed by atoms with Gasteiger partial charge >= 0.3 is 0 Å². The van der Waals surface area contributed by atoms with Crippen molar-refractivity contribution in [3.63, 3.8) is 0 Å². The summed E-state index contributed by atoms with van der Waals surface area (Å²) < 4.78 is 1.45. The predicted molar refractivity (Wildman–Crippen MR) is 99.8 cm³/mol. The van der Waals surface area contributed by atoms with Crippen LogP contribution in [-0.2, 0) is 13.6 Å². The van der Waals surface area contributed by atoms with Gasteiger partial charge in [-0.3, -0.25) is 9.59 Å². The Morgan fingerprint density at radius 3 is 2.32 bits per heavy atom. The predicted octanol–water partition coefficient (Wildman–Crippen LogP) is 3.54. The van der Waals surface area contributed by atoms with Gasteiger partial charge in [0.15, 0.2) is 0 Å². The third-order valence-corrected chi connectivity index (χ3v) is 4.13. The SMILES string of the molecule is Cc1ccc(N(Cc2ccccc2)C(=O)c2ccn(C)c(=O)c2)cc1. The maximum absolute atomic E-state index is 13.1. The highest BCUT2D eigenvalue weighted by Gasteiger charge is 2.18. The number of rotatable bonds is 4. The summed E-state index contributed by atoms with van der Waals surface area (Å²) in [6.45, 7) is 2.45. The Bertz CT molecular complexity index is 928. The Balaban J connectivity index is 2.00. The molecule has 2 aromatic carbocycles. The highest BCUT2D eigenvalue weighted by atomic mass is 16.2. The molecule has 4 heteroatoms. The maximum Gasteiger partial charge on any atom is 0.258 e. The van der Waals surface area contributed by atoms with E-state index in [-0.39, 0.29) is 11.5 Å². The molecular formula is C21H20N2O2. The molecule has 126 valence electrons. The van der Waals surface area contributed by atoms with E-state index in [1.807, 2.05) is 61.5 Å². The van der Waals surface area contributed by atoms with Gasteiger partial charge in [-0.2, -0.15) is 0 Å². The molecule has 0 atom stereocenters. The van der Waals surface area contributed by atoms with Gasteiger partial charge < -0.3 is 9.47 Å². The molecule has 3 rings (SSSR count). The average Bonchev–Trinajstić information content (AvgIpc) is 2.63. The van der Waals surface area contributed by atoms with Gasteiger partial charge in [-0.15, -0.1) is 0 Å². The van der Waals surface area contributed by atoms with E-state index in [2.05, 4.69) is 0 Å². The quantitative estimate of drug-likeness (QED) is 0.733. The number of hydrogen-bond donors (Lipinski definition) is 0. The van der Waals surface area contributed by atoms with Crippen LogP contribution in [0.1, 0.15) is 21.5 Å². The van der Waals surface area contributed by atoms with Crippen molar-refractivity contribution < 1.29 is 4.79 Å². The van der Waals surface area contributed by atoms with Gasteiger partial charge in [-0.25, -0.2) is 0 Å². The zero-order valence-corrected chi connectivity index (χ0v) is 14.3. The number of anilines is 1. The molecule has 0 radical (unpaired) electrons. The van der Waals surface area contributed by atoms with Crippen LogP contribution in [0.2, 0.25) is 0 Å². The lowest BCUT2D eigenvalue weighted by atomic mass is 10.1. The van der Waals surface area contributed by atoms with Crippen molar-refractivity contribution in [3.8, 4) is 0 Å². The monoisotopic (exact) mass is 332 g/mol. The van der Waals surface area contributed by atoms with E-state index in [9.17, 15) is 9.59 Å². The van der Waals surface area contributed by atoms with Crippen molar-refractivity contribution in [1.29, 1.82) is 0 Å². The molecule has 1 heterocycles. The zero-order valence-electron chi connectivity index (χ0n) is 14.3. The first-order valence-electron chi connectivity index (χ1n) is 8.14. The summed E-state index contributed by atoms with van der Waals surface area (Å²) >= 11 is 0. The van der Waals surface area contributed by atoms with Gasteiger partial charge in [0.05, 0.1) is 6.54 Å². The lowest BCUT2D eigenvalue weighted by Gasteiger charge is -2.23. The summed E-state index contributed by atoms with van der Waals surface area (Å²) in [4.78, 5) is 26.7. The standard InChI is InChI=1S/C21H20N2O2/c1-16-8-10-19(11-9-16)23(15-17-6-4-3-5-7-17)21(25)18-12-13-22(2)20(24)14-18/h3-14H,15H2,1-2H3. The minimum Gasteiger partial charge on any atom is -0.319 e. The molecule has 0 saturated carbocycles. The molecule has 0 unspecified atom stereocenters. The normalized spacial score (nSPS) is 10.5. The van der Waals surface area contributed by atoms with Gasteiger partial charge in [0.2, 0.25) is 0 Å². The van der Waals surface area contributed by atoms with E-state index in [4.69, 9.17) is 0 Å². The molecule has 0 aliphatic rings. The van der Waals surface area contributed by atoms with Crippen molar-refractivity contribution in [3.05, 3.63) is 100.0 Å². The molecule has 0 fully saturated rings. The number of benzene rings is 2. The first-order chi connectivity index (χ1) is 12.0. The van der Waals surface area contributed by atoms with Crippen molar-refractivity contribution >= 4 is 11.6 Å². The van der Waals surface area contributed by atoms with Crippen molar-refractivity contribution in [2.45, 2.75) is 13.5 Å². The number of aromatic nitrogens is 1. The number of hydrogen-bond acceptors (Lipinski definition) is 2. The second-order valence-electron chi connectivity index (χ2n) is 6.08. The molecular weight excluding hydrogens is 312 g/mol. The number of carbonyl (C=O) groups excluding carboxylic acids is 1. The second-order valence-corrected chi connectivity index (χ2v) is 6.08. The summed E-state index contributed by atoms with van der Waals surface area (Å²) in [5, 5.41) is 0. The molecule has 1 amide bonds. The van der Waals surface area contributed by atoms with Crippen LogP contribution in [0, 0.1) is 6.92 Å². The number of aryl methyl sites for hydroxylation is 2. The van der Waals surface area contributed by atoms with Crippen LogP contribution >= 0.6 is 0 Å². The van der Waals surface area contributed by atoms with Gasteiger partial charge in [-0.05, 0) is 30.7 Å². The average molecular weight is 332 g/mol. The van der Waals surface area contributed by atoms with Crippen LogP contribution in [0.15, 0.2) is 77.7 Å². The van der Waals surface area contributed by atoms with Crippen LogP contribution in [0.5, 0.6) is 0 Å². The number of pyridine rings is 1. The molecule has 0 saturated heterocycles. The zero-order chi connectivity index (χ0) is 17.8. The topological polar surface area (TPSA) is 42.3 Å². The molecule has 0 bridgehead atoms. The number of nitrogens with zero attached hydrogens (tertiary/aromatic N) is 2. The fraction of sp³-hybridized carbons (Fsp3) is 0.143. The number of amides is 1. The van der Waals surface area contributed by atoms with Crippen LogP contribution in [-0.4, -0.2) is 10.5 Å². The molecule has 0 spiro atoms. The maximum atomic E-state index is 13.1. The Labute approximate surface area is 147 Å². The van der Waals surface area contributed by atoms with E-state index < -0.39 is 0 Å². The highest BCUT2D eigenvalue weighted by Crippen LogP contribution is 2.20. The third kappa shape index (κ3) is 3.86. The molecule has 4 nitrogen and oxygen atoms in total. The van der Waals surface area contributed by atoms with Gasteiger partial charge in [0.25, 0.3) is 11.5 Å². The van der Waals surface area contributed by atoms with Crippen LogP contribution < -0.4 is 10.5 Å².